The summed E-state index contributed by atoms with van der Waals surface area (Å²) in [7, 11) is 0. The Labute approximate surface area is 115 Å². The SMILES string of the molecule is Cc1cccc2c1N(C(=O)[C@@H](N)CC(C)C)CCC2. The highest BCUT2D eigenvalue weighted by Crippen LogP contribution is 2.31. The first kappa shape index (κ1) is 14.1. The van der Waals surface area contributed by atoms with E-state index >= 15 is 0 Å². The van der Waals surface area contributed by atoms with E-state index in [4.69, 9.17) is 5.73 Å². The Morgan fingerprint density at radius 1 is 1.42 bits per heavy atom. The van der Waals surface area contributed by atoms with Crippen LogP contribution in [0.4, 0.5) is 5.69 Å². The maximum atomic E-state index is 12.5. The van der Waals surface area contributed by atoms with E-state index in [0.717, 1.165) is 31.5 Å². The minimum atomic E-state index is -0.384. The van der Waals surface area contributed by atoms with Crippen LogP contribution >= 0.6 is 0 Å². The zero-order valence-electron chi connectivity index (χ0n) is 12.1. The first-order valence-corrected chi connectivity index (χ1v) is 7.16. The van der Waals surface area contributed by atoms with Crippen LogP contribution in [0.15, 0.2) is 18.2 Å². The number of amides is 1. The lowest BCUT2D eigenvalue weighted by Gasteiger charge is -2.33. The smallest absolute Gasteiger partial charge is 0.243 e. The highest BCUT2D eigenvalue weighted by Gasteiger charge is 2.27. The molecule has 0 bridgehead atoms. The van der Waals surface area contributed by atoms with E-state index in [9.17, 15) is 4.79 Å². The van der Waals surface area contributed by atoms with Crippen molar-refractivity contribution in [3.63, 3.8) is 0 Å². The molecule has 1 atom stereocenters. The molecule has 1 aromatic carbocycles. The maximum Gasteiger partial charge on any atom is 0.243 e. The molecular weight excluding hydrogens is 236 g/mol. The van der Waals surface area contributed by atoms with Crippen molar-refractivity contribution in [1.29, 1.82) is 0 Å². The van der Waals surface area contributed by atoms with E-state index in [2.05, 4.69) is 39.0 Å². The minimum Gasteiger partial charge on any atom is -0.320 e. The first-order valence-electron chi connectivity index (χ1n) is 7.16. The standard InChI is InChI=1S/C16H24N2O/c1-11(2)10-14(17)16(19)18-9-5-8-13-7-4-6-12(3)15(13)18/h4,6-7,11,14H,5,8-10,17H2,1-3H3/t14-/m0/s1. The number of carbonyl (C=O) groups is 1. The molecule has 0 aromatic heterocycles. The number of carbonyl (C=O) groups excluding carboxylic acids is 1. The normalized spacial score (nSPS) is 16.4. The Morgan fingerprint density at radius 2 is 2.16 bits per heavy atom. The number of anilines is 1. The Bertz CT molecular complexity index is 468. The second-order valence-corrected chi connectivity index (χ2v) is 5.91. The Morgan fingerprint density at radius 3 is 2.84 bits per heavy atom. The zero-order chi connectivity index (χ0) is 14.0. The first-order chi connectivity index (χ1) is 9.00. The van der Waals surface area contributed by atoms with Gasteiger partial charge in [-0.2, -0.15) is 0 Å². The fourth-order valence-corrected chi connectivity index (χ4v) is 2.88. The van der Waals surface area contributed by atoms with Crippen molar-refractivity contribution in [1.82, 2.24) is 0 Å². The monoisotopic (exact) mass is 260 g/mol. The van der Waals surface area contributed by atoms with E-state index in [-0.39, 0.29) is 11.9 Å². The van der Waals surface area contributed by atoms with Crippen molar-refractivity contribution in [2.75, 3.05) is 11.4 Å². The fraction of sp³-hybridized carbons (Fsp3) is 0.562. The number of rotatable bonds is 3. The van der Waals surface area contributed by atoms with Crippen molar-refractivity contribution in [3.05, 3.63) is 29.3 Å². The quantitative estimate of drug-likeness (QED) is 0.908. The van der Waals surface area contributed by atoms with E-state index in [0.29, 0.717) is 5.92 Å². The predicted octanol–water partition coefficient (Wildman–Crippen LogP) is 2.65. The lowest BCUT2D eigenvalue weighted by atomic mass is 9.96. The van der Waals surface area contributed by atoms with Gasteiger partial charge in [0.1, 0.15) is 0 Å². The van der Waals surface area contributed by atoms with Crippen LogP contribution in [0.1, 0.15) is 37.8 Å². The minimum absolute atomic E-state index is 0.0731. The number of benzene rings is 1. The molecule has 0 fully saturated rings. The summed E-state index contributed by atoms with van der Waals surface area (Å²) >= 11 is 0. The molecule has 104 valence electrons. The second-order valence-electron chi connectivity index (χ2n) is 5.91. The Balaban J connectivity index is 2.26. The van der Waals surface area contributed by atoms with Crippen LogP contribution in [0.25, 0.3) is 0 Å². The van der Waals surface area contributed by atoms with Crippen molar-refractivity contribution >= 4 is 11.6 Å². The fourth-order valence-electron chi connectivity index (χ4n) is 2.88. The van der Waals surface area contributed by atoms with Gasteiger partial charge in [0.15, 0.2) is 0 Å². The molecule has 1 aliphatic heterocycles. The van der Waals surface area contributed by atoms with Gasteiger partial charge in [-0.3, -0.25) is 4.79 Å². The van der Waals surface area contributed by atoms with Gasteiger partial charge in [-0.15, -0.1) is 0 Å². The summed E-state index contributed by atoms with van der Waals surface area (Å²) in [5, 5.41) is 0. The van der Waals surface area contributed by atoms with Crippen LogP contribution in [0.3, 0.4) is 0 Å². The van der Waals surface area contributed by atoms with Gasteiger partial charge in [-0.25, -0.2) is 0 Å². The van der Waals surface area contributed by atoms with Crippen LogP contribution in [-0.4, -0.2) is 18.5 Å². The molecule has 0 aliphatic carbocycles. The average Bonchev–Trinajstić information content (AvgIpc) is 2.36. The molecule has 1 heterocycles. The van der Waals surface area contributed by atoms with Crippen LogP contribution < -0.4 is 10.6 Å². The van der Waals surface area contributed by atoms with Gasteiger partial charge >= 0.3 is 0 Å². The third-order valence-corrected chi connectivity index (χ3v) is 3.73. The molecule has 3 nitrogen and oxygen atoms in total. The van der Waals surface area contributed by atoms with Gasteiger partial charge in [-0.1, -0.05) is 32.0 Å². The molecule has 3 heteroatoms. The third kappa shape index (κ3) is 2.98. The summed E-state index contributed by atoms with van der Waals surface area (Å²) in [6.45, 7) is 7.06. The predicted molar refractivity (Wildman–Crippen MR) is 79.3 cm³/mol. The van der Waals surface area contributed by atoms with E-state index in [1.165, 1.54) is 11.1 Å². The lowest BCUT2D eigenvalue weighted by molar-refractivity contribution is -0.120. The number of fused-ring (bicyclic) bond motifs is 1. The molecule has 1 aromatic rings. The molecule has 2 rings (SSSR count). The number of aryl methyl sites for hydroxylation is 2. The largest absolute Gasteiger partial charge is 0.320 e. The highest BCUT2D eigenvalue weighted by atomic mass is 16.2. The summed E-state index contributed by atoms with van der Waals surface area (Å²) in [5.74, 6) is 0.518. The molecule has 1 amide bonds. The van der Waals surface area contributed by atoms with Crippen molar-refractivity contribution in [2.45, 2.75) is 46.1 Å². The van der Waals surface area contributed by atoms with Gasteiger partial charge in [0.25, 0.3) is 0 Å². The summed E-state index contributed by atoms with van der Waals surface area (Å²) in [6.07, 6.45) is 2.83. The average molecular weight is 260 g/mol. The molecule has 19 heavy (non-hydrogen) atoms. The van der Waals surface area contributed by atoms with Gasteiger partial charge in [0.2, 0.25) is 5.91 Å². The lowest BCUT2D eigenvalue weighted by Crippen LogP contribution is -2.46. The highest BCUT2D eigenvalue weighted by molar-refractivity contribution is 5.98. The van der Waals surface area contributed by atoms with Crippen LogP contribution in [0.5, 0.6) is 0 Å². The molecule has 0 unspecified atom stereocenters. The van der Waals surface area contributed by atoms with Crippen molar-refractivity contribution in [3.8, 4) is 0 Å². The summed E-state index contributed by atoms with van der Waals surface area (Å²) in [6, 6.07) is 5.87. The summed E-state index contributed by atoms with van der Waals surface area (Å²) in [5.41, 5.74) is 9.60. The van der Waals surface area contributed by atoms with Gasteiger partial charge in [-0.05, 0) is 43.2 Å². The maximum absolute atomic E-state index is 12.5. The topological polar surface area (TPSA) is 46.3 Å². The van der Waals surface area contributed by atoms with Crippen LogP contribution in [0, 0.1) is 12.8 Å². The van der Waals surface area contributed by atoms with Gasteiger partial charge in [0.05, 0.1) is 6.04 Å². The number of nitrogens with zero attached hydrogens (tertiary/aromatic N) is 1. The Hall–Kier alpha value is -1.35. The van der Waals surface area contributed by atoms with Crippen molar-refractivity contribution in [2.24, 2.45) is 11.7 Å². The summed E-state index contributed by atoms with van der Waals surface area (Å²) in [4.78, 5) is 14.5. The van der Waals surface area contributed by atoms with E-state index in [1.54, 1.807) is 0 Å². The van der Waals surface area contributed by atoms with Crippen molar-refractivity contribution < 1.29 is 4.79 Å². The molecule has 0 radical (unpaired) electrons. The third-order valence-electron chi connectivity index (χ3n) is 3.73. The second kappa shape index (κ2) is 5.74. The van der Waals surface area contributed by atoms with Gasteiger partial charge < -0.3 is 10.6 Å². The molecule has 0 saturated carbocycles. The van der Waals surface area contributed by atoms with E-state index in [1.807, 2.05) is 4.90 Å². The van der Waals surface area contributed by atoms with Crippen LogP contribution in [0.2, 0.25) is 0 Å². The number of para-hydroxylation sites is 1. The molecule has 1 aliphatic rings. The Kier molecular flexibility index (Phi) is 4.25. The molecule has 2 N–H and O–H groups in total. The van der Waals surface area contributed by atoms with Gasteiger partial charge in [0, 0.05) is 12.2 Å². The number of hydrogen-bond acceptors (Lipinski definition) is 2. The van der Waals surface area contributed by atoms with E-state index < -0.39 is 0 Å². The zero-order valence-corrected chi connectivity index (χ0v) is 12.1. The van der Waals surface area contributed by atoms with Crippen LogP contribution in [-0.2, 0) is 11.2 Å². The molecular formula is C16H24N2O. The molecule has 0 spiro atoms. The molecule has 0 saturated heterocycles. The number of hydrogen-bond donors (Lipinski definition) is 1. The summed E-state index contributed by atoms with van der Waals surface area (Å²) < 4.78 is 0. The number of nitrogens with two attached hydrogens (primary N) is 1.